The van der Waals surface area contributed by atoms with Crippen LogP contribution in [0.15, 0.2) is 0 Å². The normalized spacial score (nSPS) is 26.5. The molecule has 0 amide bonds. The van der Waals surface area contributed by atoms with Crippen molar-refractivity contribution in [2.24, 2.45) is 0 Å². The van der Waals surface area contributed by atoms with E-state index in [1.165, 1.54) is 6.92 Å². The molecule has 3 atom stereocenters. The van der Waals surface area contributed by atoms with E-state index in [0.717, 1.165) is 0 Å². The Morgan fingerprint density at radius 1 is 1.38 bits per heavy atom. The smallest absolute Gasteiger partial charge is 0.336 e. The molecule has 16 heavy (non-hydrogen) atoms. The molecular formula is C10H19O5P. The maximum Gasteiger partial charge on any atom is 0.336 e. The van der Waals surface area contributed by atoms with E-state index in [1.807, 2.05) is 0 Å². The number of carbonyl (C=O) groups is 1. The van der Waals surface area contributed by atoms with Crippen LogP contribution in [0.5, 0.6) is 0 Å². The molecule has 0 bridgehead atoms. The first-order valence-corrected chi connectivity index (χ1v) is 7.12. The highest BCUT2D eigenvalue weighted by molar-refractivity contribution is 7.54. The summed E-state index contributed by atoms with van der Waals surface area (Å²) in [6.07, 6.45) is -0.773. The van der Waals surface area contributed by atoms with Gasteiger partial charge >= 0.3 is 7.60 Å². The Bertz CT molecular complexity index is 294. The molecule has 1 saturated heterocycles. The van der Waals surface area contributed by atoms with Crippen LogP contribution in [0, 0.1) is 0 Å². The summed E-state index contributed by atoms with van der Waals surface area (Å²) in [5.74, 6) is -0.0450. The fourth-order valence-corrected chi connectivity index (χ4v) is 3.48. The molecule has 1 aliphatic heterocycles. The summed E-state index contributed by atoms with van der Waals surface area (Å²) >= 11 is 0. The van der Waals surface area contributed by atoms with Gasteiger partial charge in [0.15, 0.2) is 5.78 Å². The Morgan fingerprint density at radius 2 is 1.88 bits per heavy atom. The van der Waals surface area contributed by atoms with Gasteiger partial charge in [0.1, 0.15) is 12.2 Å². The fraction of sp³-hybridized carbons (Fsp3) is 0.900. The molecule has 0 aromatic heterocycles. The standard InChI is InChI=1S/C10H19O5P/c1-5-13-16(12,14-6-2)8(4)10-9(15-10)7(3)11/h8-10H,5-6H2,1-4H3. The largest absolute Gasteiger partial charge is 0.360 e. The molecule has 1 heterocycles. The number of Topliss-reactive ketones (excluding diaryl/α,β-unsaturated/α-hetero) is 1. The lowest BCUT2D eigenvalue weighted by Crippen LogP contribution is -2.19. The van der Waals surface area contributed by atoms with E-state index in [-0.39, 0.29) is 11.9 Å². The van der Waals surface area contributed by atoms with Crippen molar-refractivity contribution >= 4 is 13.4 Å². The van der Waals surface area contributed by atoms with E-state index in [1.54, 1.807) is 20.8 Å². The third-order valence-corrected chi connectivity index (χ3v) is 5.05. The molecule has 0 aromatic carbocycles. The molecule has 0 radical (unpaired) electrons. The zero-order chi connectivity index (χ0) is 12.3. The van der Waals surface area contributed by atoms with Gasteiger partial charge in [0, 0.05) is 0 Å². The summed E-state index contributed by atoms with van der Waals surface area (Å²) in [6.45, 7) is 7.35. The summed E-state index contributed by atoms with van der Waals surface area (Å²) in [5, 5.41) is 0. The second-order valence-electron chi connectivity index (χ2n) is 3.75. The van der Waals surface area contributed by atoms with Gasteiger partial charge in [-0.25, -0.2) is 0 Å². The molecular weight excluding hydrogens is 231 g/mol. The predicted octanol–water partition coefficient (Wildman–Crippen LogP) is 2.00. The maximum absolute atomic E-state index is 12.3. The quantitative estimate of drug-likeness (QED) is 0.510. The van der Waals surface area contributed by atoms with Gasteiger partial charge in [-0.2, -0.15) is 0 Å². The lowest BCUT2D eigenvalue weighted by Gasteiger charge is -2.21. The number of rotatable bonds is 7. The van der Waals surface area contributed by atoms with Crippen molar-refractivity contribution < 1.29 is 23.1 Å². The van der Waals surface area contributed by atoms with Crippen LogP contribution in [0.3, 0.4) is 0 Å². The molecule has 1 fully saturated rings. The molecule has 5 nitrogen and oxygen atoms in total. The van der Waals surface area contributed by atoms with Gasteiger partial charge in [0.05, 0.1) is 18.9 Å². The van der Waals surface area contributed by atoms with Crippen LogP contribution in [0.1, 0.15) is 27.7 Å². The first-order valence-electron chi connectivity index (χ1n) is 5.51. The maximum atomic E-state index is 12.3. The van der Waals surface area contributed by atoms with Crippen LogP contribution in [0.25, 0.3) is 0 Å². The van der Waals surface area contributed by atoms with Crippen molar-refractivity contribution in [1.29, 1.82) is 0 Å². The number of hydrogen-bond donors (Lipinski definition) is 0. The third kappa shape index (κ3) is 2.92. The number of ketones is 1. The highest BCUT2D eigenvalue weighted by Crippen LogP contribution is 2.57. The van der Waals surface area contributed by atoms with Crippen LogP contribution < -0.4 is 0 Å². The summed E-state index contributed by atoms with van der Waals surface area (Å²) in [4.78, 5) is 11.1. The summed E-state index contributed by atoms with van der Waals surface area (Å²) in [7, 11) is -3.16. The first kappa shape index (κ1) is 13.8. The van der Waals surface area contributed by atoms with Crippen LogP contribution in [0.4, 0.5) is 0 Å². The Labute approximate surface area is 96.0 Å². The minimum absolute atomic E-state index is 0.0450. The molecule has 0 saturated carbocycles. The predicted molar refractivity (Wildman–Crippen MR) is 59.7 cm³/mol. The van der Waals surface area contributed by atoms with E-state index >= 15 is 0 Å². The second-order valence-corrected chi connectivity index (χ2v) is 6.16. The van der Waals surface area contributed by atoms with E-state index in [2.05, 4.69) is 0 Å². The van der Waals surface area contributed by atoms with Crippen LogP contribution in [-0.4, -0.2) is 36.9 Å². The van der Waals surface area contributed by atoms with Crippen molar-refractivity contribution in [3.63, 3.8) is 0 Å². The van der Waals surface area contributed by atoms with Crippen LogP contribution in [0.2, 0.25) is 0 Å². The molecule has 94 valence electrons. The minimum atomic E-state index is -3.16. The first-order chi connectivity index (χ1) is 7.46. The van der Waals surface area contributed by atoms with E-state index < -0.39 is 19.4 Å². The van der Waals surface area contributed by atoms with Crippen molar-refractivity contribution in [3.05, 3.63) is 0 Å². The van der Waals surface area contributed by atoms with Crippen LogP contribution >= 0.6 is 7.60 Å². The number of hydrogen-bond acceptors (Lipinski definition) is 5. The topological polar surface area (TPSA) is 65.1 Å². The Balaban J connectivity index is 2.66. The SMILES string of the molecule is CCOP(=O)(OCC)C(C)C1OC1C(C)=O. The molecule has 6 heteroatoms. The van der Waals surface area contributed by atoms with Gasteiger partial charge in [0.2, 0.25) is 0 Å². The second kappa shape index (κ2) is 5.41. The summed E-state index contributed by atoms with van der Waals surface area (Å²) in [6, 6.07) is 0. The third-order valence-electron chi connectivity index (χ3n) is 2.52. The van der Waals surface area contributed by atoms with Gasteiger partial charge in [-0.05, 0) is 27.7 Å². The number of epoxide rings is 1. The highest BCUT2D eigenvalue weighted by atomic mass is 31.2. The lowest BCUT2D eigenvalue weighted by atomic mass is 10.2. The molecule has 0 spiro atoms. The Morgan fingerprint density at radius 3 is 2.19 bits per heavy atom. The average molecular weight is 250 g/mol. The number of carbonyl (C=O) groups excluding carboxylic acids is 1. The lowest BCUT2D eigenvalue weighted by molar-refractivity contribution is -0.118. The molecule has 0 N–H and O–H groups in total. The number of ether oxygens (including phenoxy) is 1. The van der Waals surface area contributed by atoms with Crippen LogP contribution in [-0.2, 0) is 23.1 Å². The van der Waals surface area contributed by atoms with E-state index in [0.29, 0.717) is 13.2 Å². The molecule has 1 rings (SSSR count). The Hall–Kier alpha value is -0.220. The fourth-order valence-electron chi connectivity index (χ4n) is 1.63. The minimum Gasteiger partial charge on any atom is -0.360 e. The molecule has 3 unspecified atom stereocenters. The highest BCUT2D eigenvalue weighted by Gasteiger charge is 2.53. The van der Waals surface area contributed by atoms with Crippen molar-refractivity contribution in [3.8, 4) is 0 Å². The Kier molecular flexibility index (Phi) is 4.68. The zero-order valence-electron chi connectivity index (χ0n) is 10.1. The van der Waals surface area contributed by atoms with E-state index in [9.17, 15) is 9.36 Å². The molecule has 0 aromatic rings. The van der Waals surface area contributed by atoms with Gasteiger partial charge in [-0.3, -0.25) is 9.36 Å². The van der Waals surface area contributed by atoms with E-state index in [4.69, 9.17) is 13.8 Å². The average Bonchev–Trinajstić information content (AvgIpc) is 2.96. The van der Waals surface area contributed by atoms with Gasteiger partial charge in [-0.1, -0.05) is 0 Å². The van der Waals surface area contributed by atoms with Crippen molar-refractivity contribution in [2.45, 2.75) is 45.6 Å². The zero-order valence-corrected chi connectivity index (χ0v) is 11.0. The van der Waals surface area contributed by atoms with Crippen molar-refractivity contribution in [2.75, 3.05) is 13.2 Å². The molecule has 1 aliphatic rings. The summed E-state index contributed by atoms with van der Waals surface area (Å²) in [5.41, 5.74) is -0.402. The van der Waals surface area contributed by atoms with Gasteiger partial charge in [0.25, 0.3) is 0 Å². The van der Waals surface area contributed by atoms with Gasteiger partial charge < -0.3 is 13.8 Å². The molecule has 0 aliphatic carbocycles. The van der Waals surface area contributed by atoms with Gasteiger partial charge in [-0.15, -0.1) is 0 Å². The summed E-state index contributed by atoms with van der Waals surface area (Å²) < 4.78 is 27.9. The monoisotopic (exact) mass is 250 g/mol. The van der Waals surface area contributed by atoms with Crippen molar-refractivity contribution in [1.82, 2.24) is 0 Å².